The van der Waals surface area contributed by atoms with Gasteiger partial charge in [0.25, 0.3) is 0 Å². The van der Waals surface area contributed by atoms with Gasteiger partial charge in [-0.15, -0.1) is 0 Å². The number of aryl methyl sites for hydroxylation is 2. The van der Waals surface area contributed by atoms with Gasteiger partial charge < -0.3 is 11.5 Å². The SMILES string of the molecule is Cc1cc(N)nc(CCCN)n1. The second kappa shape index (κ2) is 4.01. The largest absolute Gasteiger partial charge is 0.384 e. The summed E-state index contributed by atoms with van der Waals surface area (Å²) >= 11 is 0. The average molecular weight is 166 g/mol. The molecule has 0 saturated heterocycles. The third kappa shape index (κ3) is 2.47. The lowest BCUT2D eigenvalue weighted by molar-refractivity contribution is 0.777. The van der Waals surface area contributed by atoms with Crippen molar-refractivity contribution < 1.29 is 0 Å². The summed E-state index contributed by atoms with van der Waals surface area (Å²) in [6.45, 7) is 2.57. The number of nitrogen functional groups attached to an aromatic ring is 1. The van der Waals surface area contributed by atoms with E-state index in [2.05, 4.69) is 9.97 Å². The molecule has 1 heterocycles. The van der Waals surface area contributed by atoms with E-state index in [0.29, 0.717) is 12.4 Å². The molecule has 0 saturated carbocycles. The number of hydrogen-bond donors (Lipinski definition) is 2. The number of rotatable bonds is 3. The third-order valence-corrected chi connectivity index (χ3v) is 1.52. The van der Waals surface area contributed by atoms with Crippen LogP contribution in [0.4, 0.5) is 5.82 Å². The first-order valence-corrected chi connectivity index (χ1v) is 4.02. The van der Waals surface area contributed by atoms with Crippen molar-refractivity contribution in [3.8, 4) is 0 Å². The van der Waals surface area contributed by atoms with E-state index in [1.54, 1.807) is 6.07 Å². The zero-order valence-electron chi connectivity index (χ0n) is 7.25. The molecule has 0 spiro atoms. The molecule has 0 radical (unpaired) electrons. The molecule has 4 heteroatoms. The minimum Gasteiger partial charge on any atom is -0.384 e. The van der Waals surface area contributed by atoms with Gasteiger partial charge in [-0.05, 0) is 19.9 Å². The molecule has 0 unspecified atom stereocenters. The Kier molecular flexibility index (Phi) is 2.99. The van der Waals surface area contributed by atoms with E-state index in [4.69, 9.17) is 11.5 Å². The summed E-state index contributed by atoms with van der Waals surface area (Å²) in [5.74, 6) is 1.33. The molecule has 4 N–H and O–H groups in total. The van der Waals surface area contributed by atoms with Gasteiger partial charge in [-0.1, -0.05) is 0 Å². The first kappa shape index (κ1) is 8.93. The quantitative estimate of drug-likeness (QED) is 0.675. The Labute approximate surface area is 72.0 Å². The van der Waals surface area contributed by atoms with Crippen molar-refractivity contribution in [2.24, 2.45) is 5.73 Å². The highest BCUT2D eigenvalue weighted by Crippen LogP contribution is 2.02. The molecule has 0 aromatic carbocycles. The lowest BCUT2D eigenvalue weighted by atomic mass is 10.3. The Balaban J connectivity index is 2.72. The summed E-state index contributed by atoms with van der Waals surface area (Å²) in [6, 6.07) is 1.76. The van der Waals surface area contributed by atoms with Crippen molar-refractivity contribution in [1.82, 2.24) is 9.97 Å². The second-order valence-corrected chi connectivity index (χ2v) is 2.74. The Morgan fingerprint density at radius 1 is 1.42 bits per heavy atom. The smallest absolute Gasteiger partial charge is 0.131 e. The molecule has 4 nitrogen and oxygen atoms in total. The second-order valence-electron chi connectivity index (χ2n) is 2.74. The topological polar surface area (TPSA) is 77.8 Å². The molecule has 0 fully saturated rings. The Bertz CT molecular complexity index is 239. The van der Waals surface area contributed by atoms with Gasteiger partial charge in [-0.2, -0.15) is 0 Å². The van der Waals surface area contributed by atoms with Crippen LogP contribution < -0.4 is 11.5 Å². The predicted molar refractivity (Wildman–Crippen MR) is 48.6 cm³/mol. The molecule has 0 bridgehead atoms. The number of anilines is 1. The van der Waals surface area contributed by atoms with Crippen molar-refractivity contribution >= 4 is 5.82 Å². The maximum Gasteiger partial charge on any atom is 0.131 e. The highest BCUT2D eigenvalue weighted by Gasteiger charge is 1.98. The molecular weight excluding hydrogens is 152 g/mol. The average Bonchev–Trinajstić information content (AvgIpc) is 1.99. The predicted octanol–water partition coefficient (Wildman–Crippen LogP) is 0.259. The lowest BCUT2D eigenvalue weighted by Gasteiger charge is -2.01. The number of hydrogen-bond acceptors (Lipinski definition) is 4. The zero-order valence-corrected chi connectivity index (χ0v) is 7.25. The molecule has 1 aromatic rings. The lowest BCUT2D eigenvalue weighted by Crippen LogP contribution is -2.05. The van der Waals surface area contributed by atoms with Crippen molar-refractivity contribution in [2.75, 3.05) is 12.3 Å². The molecule has 1 rings (SSSR count). The fraction of sp³-hybridized carbons (Fsp3) is 0.500. The normalized spacial score (nSPS) is 10.2. The third-order valence-electron chi connectivity index (χ3n) is 1.52. The highest BCUT2D eigenvalue weighted by molar-refractivity contribution is 5.29. The number of aromatic nitrogens is 2. The minimum absolute atomic E-state index is 0.537. The van der Waals surface area contributed by atoms with Crippen LogP contribution in [0.3, 0.4) is 0 Å². The van der Waals surface area contributed by atoms with E-state index in [9.17, 15) is 0 Å². The first-order valence-electron chi connectivity index (χ1n) is 4.02. The van der Waals surface area contributed by atoms with E-state index in [1.807, 2.05) is 6.92 Å². The number of nitrogens with zero attached hydrogens (tertiary/aromatic N) is 2. The molecule has 12 heavy (non-hydrogen) atoms. The molecule has 0 amide bonds. The van der Waals surface area contributed by atoms with E-state index in [-0.39, 0.29) is 0 Å². The van der Waals surface area contributed by atoms with Crippen LogP contribution in [0, 0.1) is 6.92 Å². The molecule has 0 atom stereocenters. The Morgan fingerprint density at radius 3 is 2.75 bits per heavy atom. The molecule has 66 valence electrons. The van der Waals surface area contributed by atoms with Crippen LogP contribution in [0.25, 0.3) is 0 Å². The fourth-order valence-electron chi connectivity index (χ4n) is 1.03. The molecule has 0 aliphatic rings. The van der Waals surface area contributed by atoms with Gasteiger partial charge in [0.05, 0.1) is 0 Å². The summed E-state index contributed by atoms with van der Waals surface area (Å²) in [6.07, 6.45) is 1.71. The Hall–Kier alpha value is -1.16. The van der Waals surface area contributed by atoms with E-state index < -0.39 is 0 Å². The van der Waals surface area contributed by atoms with Gasteiger partial charge in [-0.25, -0.2) is 9.97 Å². The van der Waals surface area contributed by atoms with Crippen LogP contribution in [-0.2, 0) is 6.42 Å². The van der Waals surface area contributed by atoms with Gasteiger partial charge in [0, 0.05) is 18.2 Å². The summed E-state index contributed by atoms with van der Waals surface area (Å²) in [5, 5.41) is 0. The van der Waals surface area contributed by atoms with Crippen LogP contribution in [-0.4, -0.2) is 16.5 Å². The van der Waals surface area contributed by atoms with E-state index in [0.717, 1.165) is 24.4 Å². The maximum atomic E-state index is 5.55. The van der Waals surface area contributed by atoms with E-state index in [1.165, 1.54) is 0 Å². The van der Waals surface area contributed by atoms with E-state index >= 15 is 0 Å². The van der Waals surface area contributed by atoms with Crippen LogP contribution in [0.1, 0.15) is 17.9 Å². The summed E-state index contributed by atoms with van der Waals surface area (Å²) in [4.78, 5) is 8.31. The standard InChI is InChI=1S/C8H14N4/c1-6-5-7(10)12-8(11-6)3-2-4-9/h5H,2-4,9H2,1H3,(H2,10,11,12). The van der Waals surface area contributed by atoms with Gasteiger partial charge in [-0.3, -0.25) is 0 Å². The van der Waals surface area contributed by atoms with Crippen molar-refractivity contribution in [3.63, 3.8) is 0 Å². The first-order chi connectivity index (χ1) is 5.72. The molecule has 0 aliphatic carbocycles. The van der Waals surface area contributed by atoms with Crippen molar-refractivity contribution in [3.05, 3.63) is 17.6 Å². The van der Waals surface area contributed by atoms with Gasteiger partial charge in [0.15, 0.2) is 0 Å². The fourth-order valence-corrected chi connectivity index (χ4v) is 1.03. The molecular formula is C8H14N4. The highest BCUT2D eigenvalue weighted by atomic mass is 14.9. The summed E-state index contributed by atoms with van der Waals surface area (Å²) in [5.41, 5.74) is 11.8. The monoisotopic (exact) mass is 166 g/mol. The Morgan fingerprint density at radius 2 is 2.17 bits per heavy atom. The van der Waals surface area contributed by atoms with Crippen LogP contribution in [0.5, 0.6) is 0 Å². The zero-order chi connectivity index (χ0) is 8.97. The minimum atomic E-state index is 0.537. The van der Waals surface area contributed by atoms with Crippen LogP contribution >= 0.6 is 0 Å². The number of nitrogens with two attached hydrogens (primary N) is 2. The van der Waals surface area contributed by atoms with Gasteiger partial charge >= 0.3 is 0 Å². The van der Waals surface area contributed by atoms with Crippen molar-refractivity contribution in [2.45, 2.75) is 19.8 Å². The maximum absolute atomic E-state index is 5.55. The summed E-state index contributed by atoms with van der Waals surface area (Å²) in [7, 11) is 0. The summed E-state index contributed by atoms with van der Waals surface area (Å²) < 4.78 is 0. The molecule has 0 aliphatic heterocycles. The molecule has 1 aromatic heterocycles. The van der Waals surface area contributed by atoms with Crippen LogP contribution in [0.15, 0.2) is 6.07 Å². The van der Waals surface area contributed by atoms with Crippen LogP contribution in [0.2, 0.25) is 0 Å². The van der Waals surface area contributed by atoms with Gasteiger partial charge in [0.2, 0.25) is 0 Å². The van der Waals surface area contributed by atoms with Gasteiger partial charge in [0.1, 0.15) is 11.6 Å². The van der Waals surface area contributed by atoms with Crippen molar-refractivity contribution in [1.29, 1.82) is 0 Å².